The Hall–Kier alpha value is -2.93. The Morgan fingerprint density at radius 2 is 2.04 bits per heavy atom. The molecule has 1 amide bonds. The third-order valence-electron chi connectivity index (χ3n) is 4.19. The molecule has 0 saturated carbocycles. The maximum atomic E-state index is 12.3. The maximum absolute atomic E-state index is 12.3. The first-order valence-corrected chi connectivity index (χ1v) is 9.65. The van der Waals surface area contributed by atoms with Crippen LogP contribution in [0.3, 0.4) is 0 Å². The minimum Gasteiger partial charge on any atom is -0.394 e. The number of carbonyl (C=O) groups is 1. The average Bonchev–Trinajstić information content (AvgIpc) is 3.19. The quantitative estimate of drug-likeness (QED) is 0.657. The minimum atomic E-state index is -0.456. The number of nitrogens with one attached hydrogen (secondary N) is 1. The SMILES string of the molecule is C[C@@H](CCc1ccccc1)NC(=O)Cn1nc(-c2cccs2)cc(N)c1=O. The predicted octanol–water partition coefficient (Wildman–Crippen LogP) is 2.69. The van der Waals surface area contributed by atoms with Crippen LogP contribution >= 0.6 is 11.3 Å². The Labute approximate surface area is 161 Å². The first-order valence-electron chi connectivity index (χ1n) is 8.77. The van der Waals surface area contributed by atoms with E-state index in [1.54, 1.807) is 6.07 Å². The van der Waals surface area contributed by atoms with Crippen LogP contribution in [0.1, 0.15) is 18.9 Å². The summed E-state index contributed by atoms with van der Waals surface area (Å²) in [5.74, 6) is -0.257. The van der Waals surface area contributed by atoms with Crippen molar-refractivity contribution in [3.8, 4) is 10.6 Å². The molecule has 3 aromatic rings. The van der Waals surface area contributed by atoms with Crippen molar-refractivity contribution >= 4 is 22.9 Å². The number of amides is 1. The summed E-state index contributed by atoms with van der Waals surface area (Å²) in [6.07, 6.45) is 1.69. The summed E-state index contributed by atoms with van der Waals surface area (Å²) in [7, 11) is 0. The van der Waals surface area contributed by atoms with E-state index in [2.05, 4.69) is 22.5 Å². The van der Waals surface area contributed by atoms with Gasteiger partial charge in [0.25, 0.3) is 5.56 Å². The molecule has 3 N–H and O–H groups in total. The van der Waals surface area contributed by atoms with Gasteiger partial charge < -0.3 is 11.1 Å². The molecule has 0 aliphatic carbocycles. The number of hydrogen-bond donors (Lipinski definition) is 2. The number of benzene rings is 1. The standard InChI is InChI=1S/C20H22N4O2S/c1-14(9-10-15-6-3-2-4-7-15)22-19(25)13-24-20(26)16(21)12-17(23-24)18-8-5-11-27-18/h2-8,11-12,14H,9-10,13,21H2,1H3,(H,22,25)/t14-/m0/s1. The molecule has 0 bridgehead atoms. The molecule has 0 fully saturated rings. The molecular formula is C20H22N4O2S. The van der Waals surface area contributed by atoms with Crippen LogP contribution in [0.4, 0.5) is 5.69 Å². The fraction of sp³-hybridized carbons (Fsp3) is 0.250. The van der Waals surface area contributed by atoms with Crippen molar-refractivity contribution in [3.63, 3.8) is 0 Å². The molecule has 2 aromatic heterocycles. The van der Waals surface area contributed by atoms with E-state index in [4.69, 9.17) is 5.73 Å². The lowest BCUT2D eigenvalue weighted by Gasteiger charge is -2.14. The van der Waals surface area contributed by atoms with Crippen molar-refractivity contribution in [3.05, 3.63) is 69.8 Å². The van der Waals surface area contributed by atoms with E-state index in [-0.39, 0.29) is 24.2 Å². The number of rotatable bonds is 7. The lowest BCUT2D eigenvalue weighted by Crippen LogP contribution is -2.38. The normalized spacial score (nSPS) is 11.9. The van der Waals surface area contributed by atoms with E-state index in [0.717, 1.165) is 22.4 Å². The van der Waals surface area contributed by atoms with Gasteiger partial charge in [0.1, 0.15) is 17.9 Å². The number of nitrogens with zero attached hydrogens (tertiary/aromatic N) is 2. The maximum Gasteiger partial charge on any atom is 0.290 e. The first kappa shape index (κ1) is 18.8. The molecule has 0 radical (unpaired) electrons. The smallest absolute Gasteiger partial charge is 0.290 e. The van der Waals surface area contributed by atoms with Gasteiger partial charge in [-0.05, 0) is 42.8 Å². The molecule has 0 unspecified atom stereocenters. The number of hydrogen-bond acceptors (Lipinski definition) is 5. The molecule has 3 rings (SSSR count). The second-order valence-electron chi connectivity index (χ2n) is 6.42. The van der Waals surface area contributed by atoms with Crippen molar-refractivity contribution < 1.29 is 4.79 Å². The van der Waals surface area contributed by atoms with Crippen LogP contribution < -0.4 is 16.6 Å². The Bertz CT molecular complexity index is 952. The summed E-state index contributed by atoms with van der Waals surface area (Å²) in [4.78, 5) is 25.5. The molecule has 2 heterocycles. The van der Waals surface area contributed by atoms with Crippen molar-refractivity contribution in [1.82, 2.24) is 15.1 Å². The highest BCUT2D eigenvalue weighted by atomic mass is 32.1. The van der Waals surface area contributed by atoms with Gasteiger partial charge in [0, 0.05) is 6.04 Å². The van der Waals surface area contributed by atoms with Crippen LogP contribution in [0.25, 0.3) is 10.6 Å². The zero-order valence-corrected chi connectivity index (χ0v) is 15.9. The third kappa shape index (κ3) is 5.04. The summed E-state index contributed by atoms with van der Waals surface area (Å²) in [5, 5.41) is 9.13. The van der Waals surface area contributed by atoms with Crippen LogP contribution in [-0.4, -0.2) is 21.7 Å². The van der Waals surface area contributed by atoms with Gasteiger partial charge in [0.15, 0.2) is 0 Å². The predicted molar refractivity (Wildman–Crippen MR) is 109 cm³/mol. The lowest BCUT2D eigenvalue weighted by atomic mass is 10.1. The third-order valence-corrected chi connectivity index (χ3v) is 5.08. The number of aryl methyl sites for hydroxylation is 1. The Kier molecular flexibility index (Phi) is 6.03. The van der Waals surface area contributed by atoms with E-state index >= 15 is 0 Å². The van der Waals surface area contributed by atoms with Crippen molar-refractivity contribution in [2.45, 2.75) is 32.4 Å². The van der Waals surface area contributed by atoms with Crippen molar-refractivity contribution in [2.75, 3.05) is 5.73 Å². The summed E-state index contributed by atoms with van der Waals surface area (Å²) in [6, 6.07) is 15.4. The fourth-order valence-electron chi connectivity index (χ4n) is 2.77. The first-order chi connectivity index (χ1) is 13.0. The van der Waals surface area contributed by atoms with Gasteiger partial charge in [-0.3, -0.25) is 9.59 Å². The van der Waals surface area contributed by atoms with E-state index < -0.39 is 5.56 Å². The number of nitrogens with two attached hydrogens (primary N) is 1. The van der Waals surface area contributed by atoms with E-state index in [9.17, 15) is 9.59 Å². The number of anilines is 1. The zero-order chi connectivity index (χ0) is 19.2. The second-order valence-corrected chi connectivity index (χ2v) is 7.37. The topological polar surface area (TPSA) is 90.0 Å². The molecule has 1 atom stereocenters. The highest BCUT2D eigenvalue weighted by molar-refractivity contribution is 7.13. The summed E-state index contributed by atoms with van der Waals surface area (Å²) in [6.45, 7) is 1.80. The number of carbonyl (C=O) groups excluding carboxylic acids is 1. The molecule has 0 spiro atoms. The van der Waals surface area contributed by atoms with Gasteiger partial charge in [0.2, 0.25) is 5.91 Å². The van der Waals surface area contributed by atoms with Gasteiger partial charge in [-0.2, -0.15) is 5.10 Å². The number of nitrogen functional groups attached to an aromatic ring is 1. The van der Waals surface area contributed by atoms with E-state index in [1.807, 2.05) is 42.6 Å². The van der Waals surface area contributed by atoms with Crippen molar-refractivity contribution in [2.24, 2.45) is 0 Å². The molecule has 0 aliphatic rings. The monoisotopic (exact) mass is 382 g/mol. The summed E-state index contributed by atoms with van der Waals surface area (Å²) >= 11 is 1.50. The highest BCUT2D eigenvalue weighted by Gasteiger charge is 2.13. The van der Waals surface area contributed by atoms with Crippen LogP contribution in [0, 0.1) is 0 Å². The van der Waals surface area contributed by atoms with Gasteiger partial charge in [-0.15, -0.1) is 11.3 Å². The molecule has 6 nitrogen and oxygen atoms in total. The Balaban J connectivity index is 1.62. The lowest BCUT2D eigenvalue weighted by molar-refractivity contribution is -0.122. The van der Waals surface area contributed by atoms with Crippen LogP contribution in [0.15, 0.2) is 58.7 Å². The largest absolute Gasteiger partial charge is 0.394 e. The number of thiophene rings is 1. The zero-order valence-electron chi connectivity index (χ0n) is 15.1. The average molecular weight is 382 g/mol. The molecule has 0 saturated heterocycles. The highest BCUT2D eigenvalue weighted by Crippen LogP contribution is 2.22. The van der Waals surface area contributed by atoms with Gasteiger partial charge >= 0.3 is 0 Å². The molecule has 0 aliphatic heterocycles. The van der Waals surface area contributed by atoms with Gasteiger partial charge in [-0.25, -0.2) is 4.68 Å². The molecule has 1 aromatic carbocycles. The van der Waals surface area contributed by atoms with Crippen LogP contribution in [0.5, 0.6) is 0 Å². The number of aromatic nitrogens is 2. The Morgan fingerprint density at radius 1 is 1.26 bits per heavy atom. The minimum absolute atomic E-state index is 0.00812. The molecular weight excluding hydrogens is 360 g/mol. The summed E-state index contributed by atoms with van der Waals surface area (Å²) in [5.41, 5.74) is 7.26. The molecule has 7 heteroatoms. The second kappa shape index (κ2) is 8.64. The van der Waals surface area contributed by atoms with Gasteiger partial charge in [-0.1, -0.05) is 36.4 Å². The van der Waals surface area contributed by atoms with Crippen molar-refractivity contribution in [1.29, 1.82) is 0 Å². The summed E-state index contributed by atoms with van der Waals surface area (Å²) < 4.78 is 1.13. The van der Waals surface area contributed by atoms with E-state index in [1.165, 1.54) is 16.9 Å². The Morgan fingerprint density at radius 3 is 2.74 bits per heavy atom. The van der Waals surface area contributed by atoms with Crippen LogP contribution in [0.2, 0.25) is 0 Å². The molecule has 27 heavy (non-hydrogen) atoms. The van der Waals surface area contributed by atoms with Crippen LogP contribution in [-0.2, 0) is 17.8 Å². The fourth-order valence-corrected chi connectivity index (χ4v) is 3.45. The molecule has 140 valence electrons. The van der Waals surface area contributed by atoms with E-state index in [0.29, 0.717) is 5.69 Å². The van der Waals surface area contributed by atoms with Gasteiger partial charge in [0.05, 0.1) is 4.88 Å².